The van der Waals surface area contributed by atoms with Crippen molar-refractivity contribution in [2.45, 2.75) is 33.2 Å². The predicted molar refractivity (Wildman–Crippen MR) is 121 cm³/mol. The summed E-state index contributed by atoms with van der Waals surface area (Å²) in [7, 11) is 0. The van der Waals surface area contributed by atoms with Crippen molar-refractivity contribution in [2.24, 2.45) is 0 Å². The Hall–Kier alpha value is -3.52. The first-order valence-corrected chi connectivity index (χ1v) is 11.0. The molecule has 7 nitrogen and oxygen atoms in total. The van der Waals surface area contributed by atoms with Gasteiger partial charge in [-0.25, -0.2) is 4.52 Å². The van der Waals surface area contributed by atoms with Crippen LogP contribution in [0.25, 0.3) is 22.4 Å². The molecule has 0 atom stereocenters. The SMILES string of the molecule is Cc1ccc(-c2cc3c4nnc(CCC(=O)NCc5cccs5)n4ccn3n2)cc1C. The van der Waals surface area contributed by atoms with E-state index in [0.29, 0.717) is 19.4 Å². The lowest BCUT2D eigenvalue weighted by Crippen LogP contribution is -2.22. The van der Waals surface area contributed by atoms with Crippen molar-refractivity contribution in [2.75, 3.05) is 0 Å². The van der Waals surface area contributed by atoms with Gasteiger partial charge in [-0.1, -0.05) is 18.2 Å². The average molecular weight is 431 g/mol. The highest BCUT2D eigenvalue weighted by atomic mass is 32.1. The number of amides is 1. The molecular formula is C23H22N6OS. The van der Waals surface area contributed by atoms with E-state index in [9.17, 15) is 4.79 Å². The Labute approximate surface area is 183 Å². The number of rotatable bonds is 6. The number of thiophene rings is 1. The summed E-state index contributed by atoms with van der Waals surface area (Å²) in [6.07, 6.45) is 4.69. The van der Waals surface area contributed by atoms with E-state index in [1.807, 2.05) is 44.9 Å². The summed E-state index contributed by atoms with van der Waals surface area (Å²) in [6.45, 7) is 4.77. The summed E-state index contributed by atoms with van der Waals surface area (Å²) in [6, 6.07) is 12.4. The minimum absolute atomic E-state index is 0.00704. The van der Waals surface area contributed by atoms with Gasteiger partial charge in [0.05, 0.1) is 12.2 Å². The number of aryl methyl sites for hydroxylation is 3. The van der Waals surface area contributed by atoms with E-state index in [4.69, 9.17) is 5.10 Å². The number of carbonyl (C=O) groups is 1. The molecule has 0 saturated carbocycles. The van der Waals surface area contributed by atoms with Crippen LogP contribution in [0.4, 0.5) is 0 Å². The number of nitrogens with one attached hydrogen (secondary N) is 1. The molecule has 31 heavy (non-hydrogen) atoms. The largest absolute Gasteiger partial charge is 0.351 e. The minimum Gasteiger partial charge on any atom is -0.351 e. The van der Waals surface area contributed by atoms with Gasteiger partial charge in [-0.3, -0.25) is 9.20 Å². The molecule has 1 amide bonds. The van der Waals surface area contributed by atoms with Crippen molar-refractivity contribution < 1.29 is 4.79 Å². The molecule has 0 spiro atoms. The van der Waals surface area contributed by atoms with Crippen LogP contribution in [-0.2, 0) is 17.8 Å². The highest BCUT2D eigenvalue weighted by Crippen LogP contribution is 2.24. The topological polar surface area (TPSA) is 76.6 Å². The second-order valence-corrected chi connectivity index (χ2v) is 8.65. The molecule has 0 radical (unpaired) electrons. The maximum absolute atomic E-state index is 12.2. The van der Waals surface area contributed by atoms with Gasteiger partial charge < -0.3 is 5.32 Å². The second-order valence-electron chi connectivity index (χ2n) is 7.62. The summed E-state index contributed by atoms with van der Waals surface area (Å²) in [5.74, 6) is 0.769. The molecule has 5 rings (SSSR count). The fraction of sp³-hybridized carbons (Fsp3) is 0.217. The molecule has 0 aliphatic carbocycles. The lowest BCUT2D eigenvalue weighted by Gasteiger charge is -2.03. The molecule has 0 bridgehead atoms. The zero-order valence-corrected chi connectivity index (χ0v) is 18.2. The van der Waals surface area contributed by atoms with Crippen molar-refractivity contribution in [1.29, 1.82) is 0 Å². The number of fused-ring (bicyclic) bond motifs is 3. The molecular weight excluding hydrogens is 408 g/mol. The Bertz CT molecular complexity index is 1380. The number of benzene rings is 1. The third kappa shape index (κ3) is 3.82. The molecule has 4 aromatic heterocycles. The van der Waals surface area contributed by atoms with Gasteiger partial charge in [0.15, 0.2) is 5.65 Å². The Morgan fingerprint density at radius 2 is 2.00 bits per heavy atom. The predicted octanol–water partition coefficient (Wildman–Crippen LogP) is 3.97. The van der Waals surface area contributed by atoms with Crippen molar-refractivity contribution in [3.05, 3.63) is 76.0 Å². The molecule has 1 N–H and O–H groups in total. The van der Waals surface area contributed by atoms with Gasteiger partial charge >= 0.3 is 0 Å². The Morgan fingerprint density at radius 3 is 2.81 bits per heavy atom. The zero-order chi connectivity index (χ0) is 21.4. The molecule has 8 heteroatoms. The number of hydrogen-bond donors (Lipinski definition) is 1. The molecule has 5 aromatic rings. The van der Waals surface area contributed by atoms with E-state index in [1.54, 1.807) is 11.3 Å². The Morgan fingerprint density at radius 1 is 1.10 bits per heavy atom. The summed E-state index contributed by atoms with van der Waals surface area (Å²) >= 11 is 1.64. The van der Waals surface area contributed by atoms with Crippen molar-refractivity contribution in [3.63, 3.8) is 0 Å². The van der Waals surface area contributed by atoms with Gasteiger partial charge in [0.1, 0.15) is 11.3 Å². The minimum atomic E-state index is 0.00704. The van der Waals surface area contributed by atoms with Crippen LogP contribution < -0.4 is 5.32 Å². The number of nitrogens with zero attached hydrogens (tertiary/aromatic N) is 5. The van der Waals surface area contributed by atoms with Crippen LogP contribution in [0.5, 0.6) is 0 Å². The second kappa shape index (κ2) is 7.96. The maximum Gasteiger partial charge on any atom is 0.220 e. The fourth-order valence-electron chi connectivity index (χ4n) is 3.58. The number of hydrogen-bond acceptors (Lipinski definition) is 5. The molecule has 0 saturated heterocycles. The van der Waals surface area contributed by atoms with Gasteiger partial charge in [-0.2, -0.15) is 5.10 Å². The van der Waals surface area contributed by atoms with Gasteiger partial charge in [-0.05, 0) is 48.6 Å². The van der Waals surface area contributed by atoms with Crippen LogP contribution in [-0.4, -0.2) is 30.1 Å². The third-order valence-electron chi connectivity index (χ3n) is 5.51. The van der Waals surface area contributed by atoms with Crippen LogP contribution in [0.1, 0.15) is 28.2 Å². The van der Waals surface area contributed by atoms with Crippen LogP contribution in [0.3, 0.4) is 0 Å². The monoisotopic (exact) mass is 430 g/mol. The molecule has 1 aromatic carbocycles. The van der Waals surface area contributed by atoms with Gasteiger partial charge in [-0.15, -0.1) is 21.5 Å². The highest BCUT2D eigenvalue weighted by molar-refractivity contribution is 7.09. The Balaban J connectivity index is 1.36. The lowest BCUT2D eigenvalue weighted by molar-refractivity contribution is -0.121. The first-order chi connectivity index (χ1) is 15.1. The average Bonchev–Trinajstić information content (AvgIpc) is 3.51. The van der Waals surface area contributed by atoms with Gasteiger partial charge in [0.25, 0.3) is 0 Å². The highest BCUT2D eigenvalue weighted by Gasteiger charge is 2.14. The summed E-state index contributed by atoms with van der Waals surface area (Å²) in [5.41, 5.74) is 6.09. The van der Waals surface area contributed by atoms with Crippen molar-refractivity contribution in [1.82, 2.24) is 29.5 Å². The van der Waals surface area contributed by atoms with E-state index < -0.39 is 0 Å². The van der Waals surface area contributed by atoms with Crippen LogP contribution >= 0.6 is 11.3 Å². The van der Waals surface area contributed by atoms with Gasteiger partial charge in [0, 0.05) is 35.7 Å². The number of carbonyl (C=O) groups excluding carboxylic acids is 1. The van der Waals surface area contributed by atoms with Gasteiger partial charge in [0.2, 0.25) is 5.91 Å². The Kier molecular flexibility index (Phi) is 4.99. The third-order valence-corrected chi connectivity index (χ3v) is 6.38. The van der Waals surface area contributed by atoms with E-state index in [-0.39, 0.29) is 5.91 Å². The molecule has 0 unspecified atom stereocenters. The molecule has 0 aliphatic rings. The van der Waals surface area contributed by atoms with Crippen molar-refractivity contribution >= 4 is 28.4 Å². The normalized spacial score (nSPS) is 11.4. The van der Waals surface area contributed by atoms with Crippen LogP contribution in [0.15, 0.2) is 54.2 Å². The quantitative estimate of drug-likeness (QED) is 0.442. The maximum atomic E-state index is 12.2. The molecule has 4 heterocycles. The molecule has 156 valence electrons. The number of aromatic nitrogens is 5. The van der Waals surface area contributed by atoms with Crippen molar-refractivity contribution in [3.8, 4) is 11.3 Å². The summed E-state index contributed by atoms with van der Waals surface area (Å²) in [4.78, 5) is 13.4. The van der Waals surface area contributed by atoms with E-state index in [0.717, 1.165) is 33.1 Å². The standard InChI is InChI=1S/C23H22N6OS/c1-15-5-6-17(12-16(15)2)19-13-20-23-26-25-21(28(23)9-10-29(20)27-19)7-8-22(30)24-14-18-4-3-11-31-18/h3-6,9-13H,7-8,14H2,1-2H3,(H,24,30). The zero-order valence-electron chi connectivity index (χ0n) is 17.4. The van der Waals surface area contributed by atoms with Crippen LogP contribution in [0, 0.1) is 13.8 Å². The smallest absolute Gasteiger partial charge is 0.220 e. The van der Waals surface area contributed by atoms with E-state index in [1.165, 1.54) is 11.1 Å². The fourth-order valence-corrected chi connectivity index (χ4v) is 4.23. The molecule has 0 fully saturated rings. The van der Waals surface area contributed by atoms with Crippen LogP contribution in [0.2, 0.25) is 0 Å². The molecule has 0 aliphatic heterocycles. The summed E-state index contributed by atoms with van der Waals surface area (Å²) < 4.78 is 3.76. The lowest BCUT2D eigenvalue weighted by atomic mass is 10.0. The van der Waals surface area contributed by atoms with E-state index in [2.05, 4.69) is 47.6 Å². The first-order valence-electron chi connectivity index (χ1n) is 10.2. The first kappa shape index (κ1) is 19.4. The van der Waals surface area contributed by atoms with E-state index >= 15 is 0 Å². The summed E-state index contributed by atoms with van der Waals surface area (Å²) in [5, 5.41) is 18.4.